The van der Waals surface area contributed by atoms with Gasteiger partial charge in [-0.3, -0.25) is 0 Å². The first-order chi connectivity index (χ1) is 11.4. The van der Waals surface area contributed by atoms with Gasteiger partial charge in [0.1, 0.15) is 0 Å². The molecule has 0 saturated carbocycles. The number of rotatable bonds is 1. The zero-order chi connectivity index (χ0) is 16.9. The fourth-order valence-corrected chi connectivity index (χ4v) is 4.75. The van der Waals surface area contributed by atoms with E-state index < -0.39 is 11.7 Å². The molecule has 3 atom stereocenters. The highest BCUT2D eigenvalue weighted by molar-refractivity contribution is 7.12. The van der Waals surface area contributed by atoms with Gasteiger partial charge in [0.2, 0.25) is 0 Å². The summed E-state index contributed by atoms with van der Waals surface area (Å²) in [5.41, 5.74) is 0.780. The van der Waals surface area contributed by atoms with Crippen molar-refractivity contribution in [3.8, 4) is 0 Å². The lowest BCUT2D eigenvalue weighted by Crippen LogP contribution is -2.35. The van der Waals surface area contributed by atoms with Crippen LogP contribution >= 0.6 is 11.3 Å². The van der Waals surface area contributed by atoms with Crippen LogP contribution < -0.4 is 5.32 Å². The Kier molecular flexibility index (Phi) is 3.84. The van der Waals surface area contributed by atoms with Gasteiger partial charge in [-0.15, -0.1) is 11.3 Å². The van der Waals surface area contributed by atoms with Crippen molar-refractivity contribution in [2.75, 3.05) is 11.9 Å². The Morgan fingerprint density at radius 2 is 2.04 bits per heavy atom. The van der Waals surface area contributed by atoms with Crippen LogP contribution in [0.15, 0.2) is 30.3 Å². The van der Waals surface area contributed by atoms with Crippen molar-refractivity contribution >= 4 is 17.0 Å². The van der Waals surface area contributed by atoms with Crippen LogP contribution in [0, 0.1) is 12.8 Å². The number of ether oxygens (including phenoxy) is 1. The average molecular weight is 353 g/mol. The Morgan fingerprint density at radius 1 is 1.21 bits per heavy atom. The number of thiophene rings is 1. The topological polar surface area (TPSA) is 21.3 Å². The fourth-order valence-electron chi connectivity index (χ4n) is 3.75. The van der Waals surface area contributed by atoms with Crippen LogP contribution in [0.1, 0.15) is 45.9 Å². The second-order valence-corrected chi connectivity index (χ2v) is 7.79. The van der Waals surface area contributed by atoms with Crippen LogP contribution in [0.4, 0.5) is 18.9 Å². The molecule has 0 spiro atoms. The highest BCUT2D eigenvalue weighted by Crippen LogP contribution is 2.51. The van der Waals surface area contributed by atoms with E-state index in [2.05, 4.69) is 24.4 Å². The quantitative estimate of drug-likeness (QED) is 0.709. The minimum atomic E-state index is -4.33. The number of aryl methyl sites for hydroxylation is 1. The first-order valence-corrected chi connectivity index (χ1v) is 8.91. The third kappa shape index (κ3) is 2.71. The predicted molar refractivity (Wildman–Crippen MR) is 88.3 cm³/mol. The SMILES string of the molecule is Cc1ccc(C2Nc3ccc(C(F)(F)F)cc3C3OCCCC23)s1. The van der Waals surface area contributed by atoms with Gasteiger partial charge in [-0.1, -0.05) is 0 Å². The molecule has 2 aliphatic heterocycles. The molecule has 128 valence electrons. The molecule has 0 bridgehead atoms. The Hall–Kier alpha value is -1.53. The molecule has 0 amide bonds. The molecule has 1 aromatic carbocycles. The highest BCUT2D eigenvalue weighted by Gasteiger charge is 2.41. The molecule has 2 aliphatic rings. The maximum absolute atomic E-state index is 13.1. The van der Waals surface area contributed by atoms with Crippen molar-refractivity contribution in [3.63, 3.8) is 0 Å². The van der Waals surface area contributed by atoms with E-state index in [1.165, 1.54) is 15.8 Å². The van der Waals surface area contributed by atoms with Crippen LogP contribution in [0.25, 0.3) is 0 Å². The predicted octanol–water partition coefficient (Wildman–Crippen LogP) is 5.71. The first kappa shape index (κ1) is 16.0. The van der Waals surface area contributed by atoms with Gasteiger partial charge in [-0.05, 0) is 50.1 Å². The molecular formula is C18H18F3NOS. The molecular weight excluding hydrogens is 335 g/mol. The maximum atomic E-state index is 13.1. The van der Waals surface area contributed by atoms with E-state index in [4.69, 9.17) is 4.74 Å². The Morgan fingerprint density at radius 3 is 2.75 bits per heavy atom. The number of hydrogen-bond donors (Lipinski definition) is 1. The average Bonchev–Trinajstić information content (AvgIpc) is 2.99. The summed E-state index contributed by atoms with van der Waals surface area (Å²) in [6.07, 6.45) is -2.71. The van der Waals surface area contributed by atoms with Gasteiger partial charge in [0, 0.05) is 33.5 Å². The van der Waals surface area contributed by atoms with Crippen molar-refractivity contribution in [3.05, 3.63) is 51.2 Å². The molecule has 1 N–H and O–H groups in total. The van der Waals surface area contributed by atoms with E-state index in [9.17, 15) is 13.2 Å². The maximum Gasteiger partial charge on any atom is 0.416 e. The molecule has 0 radical (unpaired) electrons. The van der Waals surface area contributed by atoms with Crippen molar-refractivity contribution in [1.82, 2.24) is 0 Å². The number of fused-ring (bicyclic) bond motifs is 3. The lowest BCUT2D eigenvalue weighted by molar-refractivity contribution is -0.137. The van der Waals surface area contributed by atoms with E-state index in [0.717, 1.165) is 24.6 Å². The van der Waals surface area contributed by atoms with Crippen LogP contribution in [-0.4, -0.2) is 6.61 Å². The van der Waals surface area contributed by atoms with Gasteiger partial charge in [0.25, 0.3) is 0 Å². The number of nitrogens with one attached hydrogen (secondary N) is 1. The van der Waals surface area contributed by atoms with Crippen molar-refractivity contribution < 1.29 is 17.9 Å². The number of halogens is 3. The number of alkyl halides is 3. The van der Waals surface area contributed by atoms with E-state index in [1.54, 1.807) is 17.4 Å². The van der Waals surface area contributed by atoms with E-state index in [-0.39, 0.29) is 18.1 Å². The molecule has 3 heterocycles. The second kappa shape index (κ2) is 5.77. The normalized spacial score (nSPS) is 26.4. The van der Waals surface area contributed by atoms with Crippen LogP contribution in [0.5, 0.6) is 0 Å². The summed E-state index contributed by atoms with van der Waals surface area (Å²) in [5.74, 6) is 0.160. The van der Waals surface area contributed by atoms with Gasteiger partial charge >= 0.3 is 6.18 Å². The van der Waals surface area contributed by atoms with Crippen molar-refractivity contribution in [1.29, 1.82) is 0 Å². The van der Waals surface area contributed by atoms with Gasteiger partial charge < -0.3 is 10.1 Å². The zero-order valence-electron chi connectivity index (χ0n) is 13.2. The molecule has 24 heavy (non-hydrogen) atoms. The summed E-state index contributed by atoms with van der Waals surface area (Å²) in [4.78, 5) is 2.46. The number of hydrogen-bond acceptors (Lipinski definition) is 3. The summed E-state index contributed by atoms with van der Waals surface area (Å²) in [6, 6.07) is 8.23. The van der Waals surface area contributed by atoms with Crippen LogP contribution in [0.2, 0.25) is 0 Å². The smallest absolute Gasteiger partial charge is 0.377 e. The largest absolute Gasteiger partial charge is 0.416 e. The molecule has 2 nitrogen and oxygen atoms in total. The lowest BCUT2D eigenvalue weighted by atomic mass is 9.79. The zero-order valence-corrected chi connectivity index (χ0v) is 14.0. The Bertz CT molecular complexity index is 755. The minimum absolute atomic E-state index is 0.0956. The third-order valence-corrected chi connectivity index (χ3v) is 5.94. The van der Waals surface area contributed by atoms with Crippen LogP contribution in [-0.2, 0) is 10.9 Å². The molecule has 6 heteroatoms. The molecule has 0 aliphatic carbocycles. The Labute approximate surface area is 142 Å². The highest BCUT2D eigenvalue weighted by atomic mass is 32.1. The fraction of sp³-hybridized carbons (Fsp3) is 0.444. The van der Waals surface area contributed by atoms with E-state index in [0.29, 0.717) is 12.2 Å². The van der Waals surface area contributed by atoms with Gasteiger partial charge in [-0.2, -0.15) is 13.2 Å². The Balaban J connectivity index is 1.77. The van der Waals surface area contributed by atoms with E-state index in [1.807, 2.05) is 0 Å². The standard InChI is InChI=1S/C18H18F3NOS/c1-10-4-7-15(24-10)16-12-3-2-8-23-17(12)13-9-11(18(19,20)21)5-6-14(13)22-16/h4-7,9,12,16-17,22H,2-3,8H2,1H3. The molecule has 3 unspecified atom stereocenters. The van der Waals surface area contributed by atoms with Gasteiger partial charge in [0.05, 0.1) is 17.7 Å². The van der Waals surface area contributed by atoms with Gasteiger partial charge in [0.15, 0.2) is 0 Å². The van der Waals surface area contributed by atoms with Crippen molar-refractivity contribution in [2.45, 2.75) is 38.1 Å². The summed E-state index contributed by atoms with van der Waals surface area (Å²) in [7, 11) is 0. The summed E-state index contributed by atoms with van der Waals surface area (Å²) in [6.45, 7) is 2.67. The van der Waals surface area contributed by atoms with E-state index >= 15 is 0 Å². The lowest BCUT2D eigenvalue weighted by Gasteiger charge is -2.43. The summed E-state index contributed by atoms with van der Waals surface area (Å²) in [5, 5.41) is 3.47. The summed E-state index contributed by atoms with van der Waals surface area (Å²) < 4.78 is 45.1. The minimum Gasteiger partial charge on any atom is -0.377 e. The van der Waals surface area contributed by atoms with Gasteiger partial charge in [-0.25, -0.2) is 0 Å². The van der Waals surface area contributed by atoms with Crippen LogP contribution in [0.3, 0.4) is 0 Å². The first-order valence-electron chi connectivity index (χ1n) is 8.09. The van der Waals surface area contributed by atoms with Crippen molar-refractivity contribution in [2.24, 2.45) is 5.92 Å². The second-order valence-electron chi connectivity index (χ2n) is 6.47. The molecule has 2 aromatic rings. The molecule has 1 saturated heterocycles. The number of anilines is 1. The molecule has 1 fully saturated rings. The molecule has 4 rings (SSSR count). The number of benzene rings is 1. The third-order valence-electron chi connectivity index (χ3n) is 4.86. The summed E-state index contributed by atoms with van der Waals surface area (Å²) >= 11 is 1.73. The monoisotopic (exact) mass is 353 g/mol. The molecule has 1 aromatic heterocycles.